The first-order chi connectivity index (χ1) is 9.58. The molecule has 1 aliphatic heterocycles. The third-order valence-electron chi connectivity index (χ3n) is 3.11. The first-order valence-electron chi connectivity index (χ1n) is 6.34. The van der Waals surface area contributed by atoms with Crippen molar-refractivity contribution in [2.24, 2.45) is 4.99 Å². The molecule has 104 valence electrons. The molecule has 1 aliphatic rings. The molecule has 1 amide bonds. The quantitative estimate of drug-likeness (QED) is 0.597. The normalized spacial score (nSPS) is 13.9. The Morgan fingerprint density at radius 3 is 3.05 bits per heavy atom. The Morgan fingerprint density at radius 1 is 1.55 bits per heavy atom. The molecule has 0 spiro atoms. The number of nitrogens with two attached hydrogens (primary N) is 1. The van der Waals surface area contributed by atoms with Gasteiger partial charge < -0.3 is 11.1 Å². The second-order valence-electron chi connectivity index (χ2n) is 4.59. The highest BCUT2D eigenvalue weighted by molar-refractivity contribution is 6.35. The number of nitrogens with zero attached hydrogens (tertiary/aromatic N) is 3. The van der Waals surface area contributed by atoms with E-state index < -0.39 is 0 Å². The topological polar surface area (TPSA) is 102 Å². The van der Waals surface area contributed by atoms with Crippen molar-refractivity contribution in [3.8, 4) is 0 Å². The van der Waals surface area contributed by atoms with Crippen molar-refractivity contribution in [2.75, 3.05) is 18.8 Å². The standard InChI is InChI=1S/C12H16BN5O2/c13-11-9(14)6-17-18(12(11)20)7-10(19)16-5-8-1-3-15-4-2-8/h1,3,6H,2,4-5,7,13-14H2,(H,16,19). The van der Waals surface area contributed by atoms with E-state index in [1.54, 1.807) is 14.1 Å². The minimum absolute atomic E-state index is 0.110. The van der Waals surface area contributed by atoms with E-state index in [0.717, 1.165) is 23.2 Å². The molecule has 0 saturated carbocycles. The van der Waals surface area contributed by atoms with Crippen LogP contribution in [0, 0.1) is 0 Å². The van der Waals surface area contributed by atoms with E-state index in [-0.39, 0.29) is 18.0 Å². The van der Waals surface area contributed by atoms with Gasteiger partial charge in [0.15, 0.2) is 0 Å². The fraction of sp³-hybridized carbons (Fsp3) is 0.333. The van der Waals surface area contributed by atoms with Crippen LogP contribution in [0.5, 0.6) is 0 Å². The van der Waals surface area contributed by atoms with Crippen LogP contribution in [-0.2, 0) is 11.3 Å². The van der Waals surface area contributed by atoms with E-state index in [9.17, 15) is 9.59 Å². The first-order valence-corrected chi connectivity index (χ1v) is 6.34. The lowest BCUT2D eigenvalue weighted by molar-refractivity contribution is -0.121. The van der Waals surface area contributed by atoms with Gasteiger partial charge in [0.25, 0.3) is 5.56 Å². The SMILES string of the molecule is Bc1c(N)cnn(CC(=O)NCC2=CC=NCC2)c1=O. The number of amides is 1. The fourth-order valence-corrected chi connectivity index (χ4v) is 1.79. The molecular formula is C12H16BN5O2. The number of hydrogen-bond donors (Lipinski definition) is 2. The molecule has 0 aromatic carbocycles. The summed E-state index contributed by atoms with van der Waals surface area (Å²) in [5, 5.41) is 6.62. The molecule has 2 heterocycles. The Labute approximate surface area is 117 Å². The van der Waals surface area contributed by atoms with Gasteiger partial charge in [-0.3, -0.25) is 14.6 Å². The van der Waals surface area contributed by atoms with E-state index in [1.807, 2.05) is 6.08 Å². The molecule has 2 rings (SSSR count). The third-order valence-corrected chi connectivity index (χ3v) is 3.11. The maximum Gasteiger partial charge on any atom is 0.262 e. The predicted octanol–water partition coefficient (Wildman–Crippen LogP) is -2.40. The number of nitrogen functional groups attached to an aromatic ring is 1. The van der Waals surface area contributed by atoms with Crippen LogP contribution in [0.2, 0.25) is 0 Å². The maximum atomic E-state index is 11.8. The average Bonchev–Trinajstić information content (AvgIpc) is 2.47. The van der Waals surface area contributed by atoms with Crippen molar-refractivity contribution in [1.29, 1.82) is 0 Å². The van der Waals surface area contributed by atoms with Crippen LogP contribution in [0.1, 0.15) is 6.42 Å². The summed E-state index contributed by atoms with van der Waals surface area (Å²) in [6, 6.07) is 0. The summed E-state index contributed by atoms with van der Waals surface area (Å²) in [5.74, 6) is -0.257. The number of nitrogens with one attached hydrogen (secondary N) is 1. The molecule has 3 N–H and O–H groups in total. The van der Waals surface area contributed by atoms with Crippen molar-refractivity contribution in [3.63, 3.8) is 0 Å². The summed E-state index contributed by atoms with van der Waals surface area (Å²) in [6.45, 7) is 1.11. The zero-order chi connectivity index (χ0) is 14.5. The molecule has 0 atom stereocenters. The lowest BCUT2D eigenvalue weighted by atomic mass is 9.97. The molecule has 0 saturated heterocycles. The van der Waals surface area contributed by atoms with Crippen molar-refractivity contribution < 1.29 is 4.79 Å². The second-order valence-corrected chi connectivity index (χ2v) is 4.59. The van der Waals surface area contributed by atoms with Crippen molar-refractivity contribution in [2.45, 2.75) is 13.0 Å². The highest BCUT2D eigenvalue weighted by atomic mass is 16.2. The zero-order valence-electron chi connectivity index (χ0n) is 11.3. The summed E-state index contributed by atoms with van der Waals surface area (Å²) in [5.41, 5.74) is 7.08. The molecule has 0 radical (unpaired) electrons. The number of allylic oxidation sites excluding steroid dienone is 1. The number of carbonyl (C=O) groups excluding carboxylic acids is 1. The molecular weight excluding hydrogens is 257 g/mol. The monoisotopic (exact) mass is 273 g/mol. The van der Waals surface area contributed by atoms with Crippen LogP contribution in [0.3, 0.4) is 0 Å². The number of aromatic nitrogens is 2. The molecule has 20 heavy (non-hydrogen) atoms. The smallest absolute Gasteiger partial charge is 0.262 e. The van der Waals surface area contributed by atoms with Gasteiger partial charge in [0.05, 0.1) is 11.9 Å². The molecule has 7 nitrogen and oxygen atoms in total. The number of aliphatic imine (C=N–C) groups is 1. The Morgan fingerprint density at radius 2 is 2.35 bits per heavy atom. The molecule has 0 bridgehead atoms. The van der Waals surface area contributed by atoms with E-state index in [4.69, 9.17) is 5.73 Å². The lowest BCUT2D eigenvalue weighted by Crippen LogP contribution is -2.41. The second kappa shape index (κ2) is 6.18. The Balaban J connectivity index is 1.95. The van der Waals surface area contributed by atoms with Gasteiger partial charge in [-0.1, -0.05) is 0 Å². The van der Waals surface area contributed by atoms with Crippen LogP contribution >= 0.6 is 0 Å². The largest absolute Gasteiger partial charge is 0.398 e. The third kappa shape index (κ3) is 3.34. The Bertz CT molecular complexity index is 635. The summed E-state index contributed by atoms with van der Waals surface area (Å²) in [4.78, 5) is 27.7. The van der Waals surface area contributed by atoms with Gasteiger partial charge in [-0.15, -0.1) is 0 Å². The number of rotatable bonds is 4. The predicted molar refractivity (Wildman–Crippen MR) is 80.2 cm³/mol. The van der Waals surface area contributed by atoms with E-state index in [0.29, 0.717) is 17.7 Å². The Kier molecular flexibility index (Phi) is 4.34. The average molecular weight is 273 g/mol. The van der Waals surface area contributed by atoms with Crippen LogP contribution in [0.25, 0.3) is 0 Å². The first kappa shape index (κ1) is 14.0. The summed E-state index contributed by atoms with van der Waals surface area (Å²) >= 11 is 0. The molecule has 0 fully saturated rings. The lowest BCUT2D eigenvalue weighted by Gasteiger charge is -2.11. The van der Waals surface area contributed by atoms with Gasteiger partial charge in [0.2, 0.25) is 5.91 Å². The maximum absolute atomic E-state index is 11.8. The molecule has 0 aliphatic carbocycles. The summed E-state index contributed by atoms with van der Waals surface area (Å²) < 4.78 is 1.11. The highest BCUT2D eigenvalue weighted by Crippen LogP contribution is 2.02. The summed E-state index contributed by atoms with van der Waals surface area (Å²) in [7, 11) is 1.61. The van der Waals surface area contributed by atoms with E-state index in [2.05, 4.69) is 15.4 Å². The van der Waals surface area contributed by atoms with Gasteiger partial charge in [-0.05, 0) is 18.1 Å². The summed E-state index contributed by atoms with van der Waals surface area (Å²) in [6.07, 6.45) is 5.85. The van der Waals surface area contributed by atoms with Gasteiger partial charge in [0.1, 0.15) is 14.4 Å². The molecule has 8 heteroatoms. The van der Waals surface area contributed by atoms with Crippen LogP contribution in [0.4, 0.5) is 5.69 Å². The zero-order valence-corrected chi connectivity index (χ0v) is 11.3. The van der Waals surface area contributed by atoms with E-state index in [1.165, 1.54) is 6.20 Å². The highest BCUT2D eigenvalue weighted by Gasteiger charge is 2.09. The van der Waals surface area contributed by atoms with Gasteiger partial charge in [0, 0.05) is 24.8 Å². The van der Waals surface area contributed by atoms with Crippen molar-refractivity contribution in [1.82, 2.24) is 15.1 Å². The van der Waals surface area contributed by atoms with Crippen LogP contribution in [-0.4, -0.2) is 42.8 Å². The number of anilines is 1. The minimum atomic E-state index is -0.343. The van der Waals surface area contributed by atoms with Gasteiger partial charge in [-0.25, -0.2) is 4.68 Å². The number of carbonyl (C=O) groups is 1. The van der Waals surface area contributed by atoms with Gasteiger partial charge >= 0.3 is 0 Å². The minimum Gasteiger partial charge on any atom is -0.398 e. The van der Waals surface area contributed by atoms with Crippen LogP contribution < -0.4 is 22.1 Å². The fourth-order valence-electron chi connectivity index (χ4n) is 1.79. The van der Waals surface area contributed by atoms with Crippen molar-refractivity contribution >= 4 is 31.1 Å². The van der Waals surface area contributed by atoms with Crippen molar-refractivity contribution in [3.05, 3.63) is 28.2 Å². The number of dihydropyridines is 1. The molecule has 1 aromatic heterocycles. The van der Waals surface area contributed by atoms with Gasteiger partial charge in [-0.2, -0.15) is 5.10 Å². The Hall–Kier alpha value is -2.38. The number of hydrogen-bond acceptors (Lipinski definition) is 5. The molecule has 1 aromatic rings. The van der Waals surface area contributed by atoms with Crippen LogP contribution in [0.15, 0.2) is 27.6 Å². The molecule has 0 unspecified atom stereocenters. The van der Waals surface area contributed by atoms with E-state index >= 15 is 0 Å².